The summed E-state index contributed by atoms with van der Waals surface area (Å²) in [6, 6.07) is 12.5. The number of piperazine rings is 1. The quantitative estimate of drug-likeness (QED) is 0.638. The Morgan fingerprint density at radius 2 is 1.75 bits per heavy atom. The number of fused-ring (bicyclic) bond motifs is 3. The van der Waals surface area contributed by atoms with E-state index >= 15 is 0 Å². The lowest BCUT2D eigenvalue weighted by molar-refractivity contribution is -0.132. The number of aromatic nitrogens is 2. The van der Waals surface area contributed by atoms with Gasteiger partial charge in [0.05, 0.1) is 23.1 Å². The van der Waals surface area contributed by atoms with Crippen LogP contribution in [0.3, 0.4) is 0 Å². The van der Waals surface area contributed by atoms with Crippen LogP contribution in [0.15, 0.2) is 30.3 Å². The van der Waals surface area contributed by atoms with Crippen LogP contribution in [0, 0.1) is 18.3 Å². The van der Waals surface area contributed by atoms with Gasteiger partial charge in [-0.15, -0.1) is 0 Å². The number of hydrogen-bond donors (Lipinski definition) is 0. The first-order chi connectivity index (χ1) is 15.7. The number of nitrogens with zero attached hydrogens (tertiary/aromatic N) is 6. The van der Waals surface area contributed by atoms with Crippen LogP contribution in [-0.2, 0) is 4.79 Å². The maximum atomic E-state index is 12.8. The zero-order valence-corrected chi connectivity index (χ0v) is 18.8. The van der Waals surface area contributed by atoms with Gasteiger partial charge in [0, 0.05) is 39.3 Å². The summed E-state index contributed by atoms with van der Waals surface area (Å²) in [4.78, 5) is 24.3. The van der Waals surface area contributed by atoms with Crippen molar-refractivity contribution in [2.45, 2.75) is 32.6 Å². The molecule has 5 rings (SSSR count). The fourth-order valence-electron chi connectivity index (χ4n) is 5.05. The number of para-hydroxylation sites is 2. The highest BCUT2D eigenvalue weighted by Crippen LogP contribution is 2.29. The van der Waals surface area contributed by atoms with E-state index in [1.165, 1.54) is 12.8 Å². The number of anilines is 1. The molecule has 2 aliphatic rings. The summed E-state index contributed by atoms with van der Waals surface area (Å²) in [5.41, 5.74) is 4.23. The van der Waals surface area contributed by atoms with Crippen molar-refractivity contribution in [1.29, 1.82) is 5.26 Å². The minimum Gasteiger partial charge on any atom is -0.355 e. The first-order valence-electron chi connectivity index (χ1n) is 11.7. The van der Waals surface area contributed by atoms with Crippen molar-refractivity contribution in [3.05, 3.63) is 41.5 Å². The molecule has 2 fully saturated rings. The molecule has 0 saturated carbocycles. The third-order valence-corrected chi connectivity index (χ3v) is 6.88. The van der Waals surface area contributed by atoms with Gasteiger partial charge in [0.25, 0.3) is 0 Å². The lowest BCUT2D eigenvalue weighted by atomic mass is 10.1. The fraction of sp³-hybridized carbons (Fsp3) is 0.480. The van der Waals surface area contributed by atoms with Crippen molar-refractivity contribution in [1.82, 2.24) is 19.2 Å². The number of carbonyl (C=O) groups is 1. The Morgan fingerprint density at radius 1 is 1.03 bits per heavy atom. The van der Waals surface area contributed by atoms with Gasteiger partial charge >= 0.3 is 0 Å². The van der Waals surface area contributed by atoms with Crippen LogP contribution < -0.4 is 4.90 Å². The Balaban J connectivity index is 1.36. The molecule has 0 radical (unpaired) electrons. The number of imidazole rings is 1. The lowest BCUT2D eigenvalue weighted by Gasteiger charge is -2.37. The molecule has 0 atom stereocenters. The molecular formula is C25H30N6O. The third kappa shape index (κ3) is 3.80. The first-order valence-corrected chi connectivity index (χ1v) is 11.7. The number of likely N-dealkylation sites (tertiary alicyclic amines) is 1. The van der Waals surface area contributed by atoms with E-state index in [0.717, 1.165) is 80.2 Å². The number of pyridine rings is 1. The minimum absolute atomic E-state index is 0.276. The Hall–Kier alpha value is -3.11. The van der Waals surface area contributed by atoms with Crippen molar-refractivity contribution < 1.29 is 4.79 Å². The number of benzene rings is 1. The van der Waals surface area contributed by atoms with Crippen LogP contribution in [-0.4, -0.2) is 70.9 Å². The molecule has 1 aromatic carbocycles. The van der Waals surface area contributed by atoms with Crippen molar-refractivity contribution in [2.75, 3.05) is 50.7 Å². The van der Waals surface area contributed by atoms with E-state index in [4.69, 9.17) is 4.98 Å². The third-order valence-electron chi connectivity index (χ3n) is 6.88. The van der Waals surface area contributed by atoms with Crippen LogP contribution >= 0.6 is 0 Å². The molecule has 2 aromatic heterocycles. The average Bonchev–Trinajstić information content (AvgIpc) is 2.98. The van der Waals surface area contributed by atoms with Crippen molar-refractivity contribution in [3.8, 4) is 6.07 Å². The number of carbonyl (C=O) groups excluding carboxylic acids is 1. The predicted octanol–water partition coefficient (Wildman–Crippen LogP) is 3.19. The van der Waals surface area contributed by atoms with Crippen LogP contribution in [0.4, 0.5) is 5.82 Å². The molecule has 2 saturated heterocycles. The van der Waals surface area contributed by atoms with Crippen LogP contribution in [0.25, 0.3) is 16.7 Å². The van der Waals surface area contributed by atoms with Gasteiger partial charge in [0.1, 0.15) is 11.9 Å². The first kappa shape index (κ1) is 20.8. The van der Waals surface area contributed by atoms with E-state index in [9.17, 15) is 10.1 Å². The Bertz CT molecular complexity index is 1180. The number of aryl methyl sites for hydroxylation is 1. The summed E-state index contributed by atoms with van der Waals surface area (Å²) in [7, 11) is 0. The SMILES string of the molecule is Cc1cc(N2CCN(CC(=O)N3CCCCCC3)CC2)n2c(nc3ccccc32)c1C#N. The highest BCUT2D eigenvalue weighted by atomic mass is 16.2. The summed E-state index contributed by atoms with van der Waals surface area (Å²) in [6.45, 7) is 7.73. The van der Waals surface area contributed by atoms with E-state index in [1.54, 1.807) is 0 Å². The standard InChI is InChI=1S/C25H30N6O/c1-19-16-23(31-22-9-5-4-8-21(22)27-25(31)20(19)17-26)29-14-12-28(13-15-29)18-24(32)30-10-6-2-3-7-11-30/h4-5,8-9,16H,2-3,6-7,10-15,18H2,1H3. The maximum absolute atomic E-state index is 12.8. The molecule has 0 aliphatic carbocycles. The Morgan fingerprint density at radius 3 is 2.47 bits per heavy atom. The molecule has 4 heterocycles. The van der Waals surface area contributed by atoms with Gasteiger partial charge in [-0.05, 0) is 43.5 Å². The largest absolute Gasteiger partial charge is 0.355 e. The van der Waals surface area contributed by atoms with Gasteiger partial charge in [0.2, 0.25) is 5.91 Å². The highest BCUT2D eigenvalue weighted by molar-refractivity contribution is 5.85. The molecular weight excluding hydrogens is 400 g/mol. The average molecular weight is 431 g/mol. The molecule has 3 aromatic rings. The zero-order chi connectivity index (χ0) is 22.1. The van der Waals surface area contributed by atoms with E-state index in [-0.39, 0.29) is 5.91 Å². The van der Waals surface area contributed by atoms with Crippen LogP contribution in [0.5, 0.6) is 0 Å². The molecule has 2 aliphatic heterocycles. The van der Waals surface area contributed by atoms with Gasteiger partial charge in [-0.25, -0.2) is 4.98 Å². The fourth-order valence-corrected chi connectivity index (χ4v) is 5.05. The summed E-state index contributed by atoms with van der Waals surface area (Å²) >= 11 is 0. The predicted molar refractivity (Wildman–Crippen MR) is 126 cm³/mol. The van der Waals surface area contributed by atoms with Crippen molar-refractivity contribution in [3.63, 3.8) is 0 Å². The van der Waals surface area contributed by atoms with Crippen molar-refractivity contribution in [2.24, 2.45) is 0 Å². The molecule has 0 unspecified atom stereocenters. The maximum Gasteiger partial charge on any atom is 0.236 e. The molecule has 166 valence electrons. The summed E-state index contributed by atoms with van der Waals surface area (Å²) in [5.74, 6) is 1.35. The van der Waals surface area contributed by atoms with E-state index in [1.807, 2.05) is 25.1 Å². The molecule has 0 N–H and O–H groups in total. The van der Waals surface area contributed by atoms with E-state index in [2.05, 4.69) is 37.3 Å². The van der Waals surface area contributed by atoms with Gasteiger partial charge < -0.3 is 9.80 Å². The molecule has 0 bridgehead atoms. The van der Waals surface area contributed by atoms with Gasteiger partial charge in [0.15, 0.2) is 5.65 Å². The molecule has 7 heteroatoms. The number of amides is 1. The Labute approximate surface area is 188 Å². The summed E-state index contributed by atoms with van der Waals surface area (Å²) < 4.78 is 2.12. The summed E-state index contributed by atoms with van der Waals surface area (Å²) in [6.07, 6.45) is 4.74. The molecule has 7 nitrogen and oxygen atoms in total. The number of nitriles is 1. The number of rotatable bonds is 3. The summed E-state index contributed by atoms with van der Waals surface area (Å²) in [5, 5.41) is 9.73. The molecule has 1 amide bonds. The van der Waals surface area contributed by atoms with E-state index in [0.29, 0.717) is 12.1 Å². The molecule has 32 heavy (non-hydrogen) atoms. The second-order valence-electron chi connectivity index (χ2n) is 8.99. The Kier molecular flexibility index (Phi) is 5.71. The van der Waals surface area contributed by atoms with Gasteiger partial charge in [-0.3, -0.25) is 14.1 Å². The second-order valence-corrected chi connectivity index (χ2v) is 8.99. The monoisotopic (exact) mass is 430 g/mol. The van der Waals surface area contributed by atoms with E-state index < -0.39 is 0 Å². The van der Waals surface area contributed by atoms with Crippen LogP contribution in [0.1, 0.15) is 36.8 Å². The zero-order valence-electron chi connectivity index (χ0n) is 18.8. The minimum atomic E-state index is 0.276. The highest BCUT2D eigenvalue weighted by Gasteiger charge is 2.25. The van der Waals surface area contributed by atoms with Crippen LogP contribution in [0.2, 0.25) is 0 Å². The topological polar surface area (TPSA) is 67.9 Å². The van der Waals surface area contributed by atoms with Crippen molar-refractivity contribution >= 4 is 28.4 Å². The second kappa shape index (κ2) is 8.79. The molecule has 0 spiro atoms. The van der Waals surface area contributed by atoms with Gasteiger partial charge in [-0.1, -0.05) is 25.0 Å². The normalized spacial score (nSPS) is 18.1. The van der Waals surface area contributed by atoms with Gasteiger partial charge in [-0.2, -0.15) is 5.26 Å². The lowest BCUT2D eigenvalue weighted by Crippen LogP contribution is -2.50. The number of hydrogen-bond acceptors (Lipinski definition) is 5. The smallest absolute Gasteiger partial charge is 0.236 e.